The molecule has 6 nitrogen and oxygen atoms in total. The summed E-state index contributed by atoms with van der Waals surface area (Å²) < 4.78 is 6.37. The molecule has 0 spiro atoms. The molecule has 8 heteroatoms. The zero-order valence-corrected chi connectivity index (χ0v) is 16.0. The third-order valence-corrected chi connectivity index (χ3v) is 5.00. The van der Waals surface area contributed by atoms with Crippen molar-refractivity contribution < 1.29 is 9.53 Å². The van der Waals surface area contributed by atoms with Crippen LogP contribution in [0.3, 0.4) is 0 Å². The average molecular weight is 401 g/mol. The fourth-order valence-electron chi connectivity index (χ4n) is 1.88. The molecular weight excluding hydrogens is 380 g/mol. The van der Waals surface area contributed by atoms with Crippen LogP contribution in [0.15, 0.2) is 16.7 Å². The topological polar surface area (TPSA) is 79.0 Å². The normalized spacial score (nSPS) is 11.5. The summed E-state index contributed by atoms with van der Waals surface area (Å²) in [5.41, 5.74) is 0.343. The minimum absolute atomic E-state index is 0.499. The summed E-state index contributed by atoms with van der Waals surface area (Å²) in [6.45, 7) is 8.90. The van der Waals surface area contributed by atoms with Gasteiger partial charge in [0.1, 0.15) is 11.4 Å². The first-order valence-corrected chi connectivity index (χ1v) is 8.83. The standard InChI is InChI=1S/C15H21BrN4O2S/c1-9-12(16)5-11(23-9)8-17-6-10-7-18-20-13(10)19-14(21)22-15(2,3)4/h5,7,17H,6,8H2,1-4H3,(H2,18,19,20,21). The maximum Gasteiger partial charge on any atom is 0.413 e. The monoisotopic (exact) mass is 400 g/mol. The van der Waals surface area contributed by atoms with E-state index in [2.05, 4.69) is 49.8 Å². The molecular formula is C15H21BrN4O2S. The Balaban J connectivity index is 1.87. The summed E-state index contributed by atoms with van der Waals surface area (Å²) in [4.78, 5) is 14.3. The van der Waals surface area contributed by atoms with Crippen molar-refractivity contribution in [1.29, 1.82) is 0 Å². The molecule has 0 aliphatic rings. The Morgan fingerprint density at radius 1 is 1.43 bits per heavy atom. The van der Waals surface area contributed by atoms with E-state index in [-0.39, 0.29) is 0 Å². The molecule has 2 rings (SSSR count). The number of carbonyl (C=O) groups is 1. The molecule has 2 aromatic rings. The van der Waals surface area contributed by atoms with Crippen LogP contribution >= 0.6 is 27.3 Å². The maximum atomic E-state index is 11.8. The highest BCUT2D eigenvalue weighted by atomic mass is 79.9. The van der Waals surface area contributed by atoms with Gasteiger partial charge in [-0.2, -0.15) is 5.10 Å². The number of halogens is 1. The van der Waals surface area contributed by atoms with Crippen LogP contribution in [0.25, 0.3) is 0 Å². The Labute approximate surface area is 148 Å². The molecule has 126 valence electrons. The van der Waals surface area contributed by atoms with Crippen molar-refractivity contribution in [2.24, 2.45) is 0 Å². The molecule has 0 aliphatic carbocycles. The van der Waals surface area contributed by atoms with Crippen LogP contribution in [-0.4, -0.2) is 21.9 Å². The van der Waals surface area contributed by atoms with Gasteiger partial charge >= 0.3 is 6.09 Å². The fourth-order valence-corrected chi connectivity index (χ4v) is 3.46. The van der Waals surface area contributed by atoms with E-state index in [1.807, 2.05) is 20.8 Å². The number of aryl methyl sites for hydroxylation is 1. The molecule has 0 bridgehead atoms. The molecule has 0 aromatic carbocycles. The number of hydrogen-bond donors (Lipinski definition) is 3. The number of anilines is 1. The Hall–Kier alpha value is -1.38. The Morgan fingerprint density at radius 2 is 2.17 bits per heavy atom. The van der Waals surface area contributed by atoms with E-state index in [4.69, 9.17) is 4.74 Å². The van der Waals surface area contributed by atoms with Gasteiger partial charge in [-0.3, -0.25) is 10.4 Å². The molecule has 3 N–H and O–H groups in total. The molecule has 23 heavy (non-hydrogen) atoms. The first-order valence-electron chi connectivity index (χ1n) is 7.22. The number of rotatable bonds is 5. The van der Waals surface area contributed by atoms with Crippen LogP contribution in [0.2, 0.25) is 0 Å². The fraction of sp³-hybridized carbons (Fsp3) is 0.467. The highest BCUT2D eigenvalue weighted by Crippen LogP contribution is 2.26. The number of amides is 1. The van der Waals surface area contributed by atoms with Crippen molar-refractivity contribution in [3.05, 3.63) is 32.1 Å². The van der Waals surface area contributed by atoms with Gasteiger partial charge in [0.05, 0.1) is 6.20 Å². The summed E-state index contributed by atoms with van der Waals surface area (Å²) >= 11 is 5.27. The van der Waals surface area contributed by atoms with E-state index < -0.39 is 11.7 Å². The summed E-state index contributed by atoms with van der Waals surface area (Å²) in [5, 5.41) is 12.8. The van der Waals surface area contributed by atoms with Crippen molar-refractivity contribution >= 4 is 39.2 Å². The summed E-state index contributed by atoms with van der Waals surface area (Å²) in [6, 6.07) is 2.11. The van der Waals surface area contributed by atoms with Gasteiger partial charge < -0.3 is 10.1 Å². The molecule has 2 heterocycles. The molecule has 0 radical (unpaired) electrons. The van der Waals surface area contributed by atoms with E-state index in [0.29, 0.717) is 12.4 Å². The van der Waals surface area contributed by atoms with Crippen molar-refractivity contribution in [2.75, 3.05) is 5.32 Å². The van der Waals surface area contributed by atoms with Crippen molar-refractivity contribution in [2.45, 2.75) is 46.4 Å². The number of H-pyrrole nitrogens is 1. The molecule has 0 aliphatic heterocycles. The van der Waals surface area contributed by atoms with Gasteiger partial charge in [-0.05, 0) is 49.7 Å². The minimum atomic E-state index is -0.535. The van der Waals surface area contributed by atoms with E-state index in [9.17, 15) is 4.79 Å². The largest absolute Gasteiger partial charge is 0.444 e. The van der Waals surface area contributed by atoms with Crippen LogP contribution in [0.1, 0.15) is 36.1 Å². The number of nitrogens with one attached hydrogen (secondary N) is 3. The molecule has 0 atom stereocenters. The zero-order chi connectivity index (χ0) is 17.0. The lowest BCUT2D eigenvalue weighted by Crippen LogP contribution is -2.27. The minimum Gasteiger partial charge on any atom is -0.444 e. The summed E-state index contributed by atoms with van der Waals surface area (Å²) in [7, 11) is 0. The van der Waals surface area contributed by atoms with Crippen LogP contribution in [-0.2, 0) is 17.8 Å². The Morgan fingerprint density at radius 3 is 2.78 bits per heavy atom. The second-order valence-corrected chi connectivity index (χ2v) is 8.31. The van der Waals surface area contributed by atoms with Crippen molar-refractivity contribution in [3.63, 3.8) is 0 Å². The molecule has 0 fully saturated rings. The lowest BCUT2D eigenvalue weighted by molar-refractivity contribution is 0.0635. The van der Waals surface area contributed by atoms with Gasteiger partial charge in [0.25, 0.3) is 0 Å². The van der Waals surface area contributed by atoms with E-state index in [0.717, 1.165) is 16.6 Å². The van der Waals surface area contributed by atoms with Gasteiger partial charge in [0.15, 0.2) is 0 Å². The third-order valence-electron chi connectivity index (χ3n) is 2.87. The number of aromatic amines is 1. The number of aromatic nitrogens is 2. The predicted octanol–water partition coefficient (Wildman–Crippen LogP) is 4.18. The van der Waals surface area contributed by atoms with Gasteiger partial charge in [0.2, 0.25) is 0 Å². The van der Waals surface area contributed by atoms with Gasteiger partial charge in [0, 0.05) is 32.9 Å². The van der Waals surface area contributed by atoms with Gasteiger partial charge in [-0.15, -0.1) is 11.3 Å². The van der Waals surface area contributed by atoms with Crippen LogP contribution in [0, 0.1) is 6.92 Å². The van der Waals surface area contributed by atoms with E-state index in [1.54, 1.807) is 17.5 Å². The molecule has 0 saturated heterocycles. The van der Waals surface area contributed by atoms with E-state index in [1.165, 1.54) is 9.75 Å². The van der Waals surface area contributed by atoms with Crippen LogP contribution in [0.5, 0.6) is 0 Å². The van der Waals surface area contributed by atoms with Gasteiger partial charge in [-0.25, -0.2) is 4.79 Å². The first-order chi connectivity index (χ1) is 10.7. The SMILES string of the molecule is Cc1sc(CNCc2cn[nH]c2NC(=O)OC(C)(C)C)cc1Br. The maximum absolute atomic E-state index is 11.8. The third kappa shape index (κ3) is 5.63. The highest BCUT2D eigenvalue weighted by Gasteiger charge is 2.17. The van der Waals surface area contributed by atoms with Gasteiger partial charge in [-0.1, -0.05) is 0 Å². The Bertz CT molecular complexity index is 656. The number of thiophene rings is 1. The average Bonchev–Trinajstić information content (AvgIpc) is 2.95. The zero-order valence-electron chi connectivity index (χ0n) is 13.6. The quantitative estimate of drug-likeness (QED) is 0.703. The highest BCUT2D eigenvalue weighted by molar-refractivity contribution is 9.10. The number of hydrogen-bond acceptors (Lipinski definition) is 5. The molecule has 0 unspecified atom stereocenters. The second kappa shape index (κ2) is 7.46. The van der Waals surface area contributed by atoms with Crippen LogP contribution < -0.4 is 10.6 Å². The lowest BCUT2D eigenvalue weighted by Gasteiger charge is -2.19. The Kier molecular flexibility index (Phi) is 5.83. The predicted molar refractivity (Wildman–Crippen MR) is 95.7 cm³/mol. The number of ether oxygens (including phenoxy) is 1. The summed E-state index contributed by atoms with van der Waals surface area (Å²) in [6.07, 6.45) is 1.19. The molecule has 1 amide bonds. The molecule has 0 saturated carbocycles. The molecule has 2 aromatic heterocycles. The second-order valence-electron chi connectivity index (χ2n) is 6.12. The van der Waals surface area contributed by atoms with Crippen molar-refractivity contribution in [3.8, 4) is 0 Å². The number of carbonyl (C=O) groups excluding carboxylic acids is 1. The number of nitrogens with zero attached hydrogens (tertiary/aromatic N) is 1. The smallest absolute Gasteiger partial charge is 0.413 e. The van der Waals surface area contributed by atoms with E-state index >= 15 is 0 Å². The lowest BCUT2D eigenvalue weighted by atomic mass is 10.2. The first kappa shape index (κ1) is 18.0. The van der Waals surface area contributed by atoms with Crippen molar-refractivity contribution in [1.82, 2.24) is 15.5 Å². The van der Waals surface area contributed by atoms with Crippen LogP contribution in [0.4, 0.5) is 10.6 Å². The summed E-state index contributed by atoms with van der Waals surface area (Å²) in [5.74, 6) is 0.551.